The molecule has 0 aliphatic carbocycles. The van der Waals surface area contributed by atoms with Gasteiger partial charge in [-0.25, -0.2) is 4.79 Å². The van der Waals surface area contributed by atoms with Crippen LogP contribution < -0.4 is 5.32 Å². The van der Waals surface area contributed by atoms with Crippen LogP contribution in [0, 0.1) is 0 Å². The van der Waals surface area contributed by atoms with E-state index in [0.29, 0.717) is 27.6 Å². The Bertz CT molecular complexity index is 1130. The van der Waals surface area contributed by atoms with Crippen molar-refractivity contribution in [2.45, 2.75) is 0 Å². The van der Waals surface area contributed by atoms with E-state index in [-0.39, 0.29) is 22.9 Å². The Labute approximate surface area is 154 Å². The van der Waals surface area contributed by atoms with Crippen LogP contribution >= 0.6 is 11.6 Å². The summed E-state index contributed by atoms with van der Waals surface area (Å²) in [7, 11) is 0. The number of rotatable bonds is 3. The number of carbonyl (C=O) groups is 2. The Balaban J connectivity index is 1.77. The molecule has 0 atom stereocenters. The summed E-state index contributed by atoms with van der Waals surface area (Å²) in [5, 5.41) is 12.3. The first kappa shape index (κ1) is 15.0. The smallest absolute Gasteiger partial charge is 0.335 e. The maximum Gasteiger partial charge on any atom is 0.335 e. The Morgan fingerprint density at radius 3 is 2.85 bits per heavy atom. The molecule has 3 aromatic rings. The van der Waals surface area contributed by atoms with E-state index >= 15 is 0 Å². The third-order valence-electron chi connectivity index (χ3n) is 3.97. The van der Waals surface area contributed by atoms with Gasteiger partial charge >= 0.3 is 5.97 Å². The molecule has 0 unspecified atom stereocenters. The minimum Gasteiger partial charge on any atom is -0.478 e. The minimum absolute atomic E-state index is 0.0749. The quantitative estimate of drug-likeness (QED) is 0.653. The van der Waals surface area contributed by atoms with Crippen LogP contribution in [0.2, 0.25) is 5.02 Å². The number of benzene rings is 2. The summed E-state index contributed by atoms with van der Waals surface area (Å²) >= 11 is 6.02. The first-order chi connectivity index (χ1) is 12.9. The minimum atomic E-state index is -1.04. The lowest BCUT2D eigenvalue weighted by Crippen LogP contribution is -2.03. The van der Waals surface area contributed by atoms with Crippen molar-refractivity contribution in [3.63, 3.8) is 0 Å². The normalized spacial score (nSPS) is 15.3. The van der Waals surface area contributed by atoms with E-state index < -0.39 is 11.9 Å². The Hall–Kier alpha value is -3.31. The predicted octanol–water partition coefficient (Wildman–Crippen LogP) is 4.79. The number of furan rings is 1. The molecule has 2 N–H and O–H groups in total. The first-order valence-electron chi connectivity index (χ1n) is 8.20. The largest absolute Gasteiger partial charge is 0.478 e. The van der Waals surface area contributed by atoms with Gasteiger partial charge in [-0.3, -0.25) is 4.79 Å². The summed E-state index contributed by atoms with van der Waals surface area (Å²) in [5.74, 6) is -0.835. The van der Waals surface area contributed by atoms with Crippen LogP contribution in [0.1, 0.15) is 23.1 Å². The lowest BCUT2D eigenvalue weighted by molar-refractivity contribution is -0.110. The number of hydrogen-bond donors (Lipinski definition) is 2. The van der Waals surface area contributed by atoms with Gasteiger partial charge in [0.25, 0.3) is 5.91 Å². The highest BCUT2D eigenvalue weighted by Gasteiger charge is 2.24. The van der Waals surface area contributed by atoms with E-state index in [1.165, 1.54) is 12.1 Å². The van der Waals surface area contributed by atoms with Gasteiger partial charge in [0, 0.05) is 21.8 Å². The number of hydrogen-bond acceptors (Lipinski definition) is 3. The van der Waals surface area contributed by atoms with Gasteiger partial charge in [-0.2, -0.15) is 0 Å². The average Bonchev–Trinajstić information content (AvgIpc) is 3.25. The van der Waals surface area contributed by atoms with Gasteiger partial charge in [-0.15, -0.1) is 0 Å². The van der Waals surface area contributed by atoms with E-state index in [1.54, 1.807) is 42.5 Å². The molecule has 2 heterocycles. The number of anilines is 1. The third-order valence-corrected chi connectivity index (χ3v) is 4.21. The van der Waals surface area contributed by atoms with Crippen LogP contribution in [0.5, 0.6) is 0 Å². The fourth-order valence-electron chi connectivity index (χ4n) is 2.75. The second kappa shape index (κ2) is 6.20. The lowest BCUT2D eigenvalue weighted by Gasteiger charge is -2.00. The zero-order valence-electron chi connectivity index (χ0n) is 14.2. The molecule has 1 aromatic heterocycles. The molecular weight excluding hydrogens is 354 g/mol. The molecule has 0 saturated carbocycles. The van der Waals surface area contributed by atoms with Gasteiger partial charge in [-0.1, -0.05) is 23.7 Å². The van der Waals surface area contributed by atoms with Crippen molar-refractivity contribution in [3.8, 4) is 11.3 Å². The molecular formula is C20H12ClNO4. The van der Waals surface area contributed by atoms with Gasteiger partial charge in [0.15, 0.2) is 0 Å². The highest BCUT2D eigenvalue weighted by molar-refractivity contribution is 6.36. The van der Waals surface area contributed by atoms with E-state index in [0.717, 1.165) is 0 Å². The second-order valence-electron chi connectivity index (χ2n) is 5.69. The zero-order valence-corrected chi connectivity index (χ0v) is 14.0. The maximum atomic E-state index is 12.3. The van der Waals surface area contributed by atoms with E-state index in [1.807, 2.05) is 0 Å². The average molecular weight is 367 g/mol. The fraction of sp³-hybridized carbons (Fsp3) is 0. The number of halogens is 1. The van der Waals surface area contributed by atoms with E-state index in [2.05, 4.69) is 5.32 Å². The Kier molecular flexibility index (Phi) is 3.57. The van der Waals surface area contributed by atoms with Gasteiger partial charge in [-0.05, 0) is 48.5 Å². The van der Waals surface area contributed by atoms with Crippen molar-refractivity contribution in [3.05, 3.63) is 76.5 Å². The number of carbonyl (C=O) groups excluding carboxylic acids is 1. The molecule has 1 amide bonds. The van der Waals surface area contributed by atoms with Gasteiger partial charge in [0.2, 0.25) is 0 Å². The Morgan fingerprint density at radius 2 is 2.04 bits per heavy atom. The lowest BCUT2D eigenvalue weighted by atomic mass is 10.1. The zero-order chi connectivity index (χ0) is 19.1. The molecule has 0 saturated heterocycles. The van der Waals surface area contributed by atoms with Gasteiger partial charge in [0.05, 0.1) is 12.5 Å². The number of carboxylic acid groups (broad SMARTS) is 1. The monoisotopic (exact) mass is 366 g/mol. The van der Waals surface area contributed by atoms with Gasteiger partial charge in [0.1, 0.15) is 11.5 Å². The van der Waals surface area contributed by atoms with Crippen molar-refractivity contribution in [2.24, 2.45) is 0 Å². The van der Waals surface area contributed by atoms with Gasteiger partial charge < -0.3 is 14.8 Å². The highest BCUT2D eigenvalue weighted by Crippen LogP contribution is 2.35. The molecule has 4 rings (SSSR count). The van der Waals surface area contributed by atoms with Crippen LogP contribution in [0.3, 0.4) is 0 Å². The molecule has 6 heteroatoms. The topological polar surface area (TPSA) is 79.5 Å². The van der Waals surface area contributed by atoms with Crippen molar-refractivity contribution in [1.82, 2.24) is 0 Å². The summed E-state index contributed by atoms with van der Waals surface area (Å²) in [6, 6.07) is 14.4. The SMILES string of the molecule is [2H]C(=C1C(=O)Nc2ccc(Cl)cc21)c1ccc(-c2cccc(C(=O)O)c2)o1. The van der Waals surface area contributed by atoms with Crippen LogP contribution in [0.4, 0.5) is 5.69 Å². The second-order valence-corrected chi connectivity index (χ2v) is 6.13. The molecule has 26 heavy (non-hydrogen) atoms. The summed E-state index contributed by atoms with van der Waals surface area (Å²) in [4.78, 5) is 23.4. The molecule has 0 radical (unpaired) electrons. The number of carboxylic acids is 1. The molecule has 0 spiro atoms. The fourth-order valence-corrected chi connectivity index (χ4v) is 2.92. The van der Waals surface area contributed by atoms with E-state index in [4.69, 9.17) is 22.5 Å². The van der Waals surface area contributed by atoms with Crippen molar-refractivity contribution >= 4 is 40.8 Å². The van der Waals surface area contributed by atoms with Crippen LogP contribution in [0.25, 0.3) is 22.9 Å². The highest BCUT2D eigenvalue weighted by atomic mass is 35.5. The molecule has 0 fully saturated rings. The standard InChI is InChI=1S/C20H12ClNO4/c21-13-4-6-17-15(9-13)16(19(23)22-17)10-14-5-7-18(26-14)11-2-1-3-12(8-11)20(24)25/h1-10H,(H,22,23)(H,24,25)/i10D. The number of amides is 1. The Morgan fingerprint density at radius 1 is 1.19 bits per heavy atom. The van der Waals surface area contributed by atoms with Crippen LogP contribution in [0.15, 0.2) is 59.0 Å². The molecule has 0 bridgehead atoms. The third kappa shape index (κ3) is 2.89. The summed E-state index contributed by atoms with van der Waals surface area (Å²) in [6.45, 7) is 0. The number of aromatic carboxylic acids is 1. The molecule has 1 aliphatic heterocycles. The maximum absolute atomic E-state index is 12.3. The molecule has 1 aliphatic rings. The predicted molar refractivity (Wildman–Crippen MR) is 99.1 cm³/mol. The summed E-state index contributed by atoms with van der Waals surface area (Å²) < 4.78 is 14.1. The molecule has 2 aromatic carbocycles. The van der Waals surface area contributed by atoms with Crippen LogP contribution in [-0.4, -0.2) is 17.0 Å². The molecule has 128 valence electrons. The molecule has 5 nitrogen and oxygen atoms in total. The summed E-state index contributed by atoms with van der Waals surface area (Å²) in [5.41, 5.74) is 2.01. The summed E-state index contributed by atoms with van der Waals surface area (Å²) in [6.07, 6.45) is 0. The van der Waals surface area contributed by atoms with E-state index in [9.17, 15) is 9.59 Å². The number of nitrogens with one attached hydrogen (secondary N) is 1. The number of fused-ring (bicyclic) bond motifs is 1. The first-order valence-corrected chi connectivity index (χ1v) is 8.08. The van der Waals surface area contributed by atoms with Crippen molar-refractivity contribution in [1.29, 1.82) is 0 Å². The van der Waals surface area contributed by atoms with Crippen molar-refractivity contribution < 1.29 is 20.5 Å². The van der Waals surface area contributed by atoms with Crippen molar-refractivity contribution in [2.75, 3.05) is 5.32 Å². The van der Waals surface area contributed by atoms with Crippen LogP contribution in [-0.2, 0) is 4.79 Å².